The molecular weight excluding hydrogens is 282 g/mol. The molecule has 1 atom stereocenters. The van der Waals surface area contributed by atoms with Gasteiger partial charge in [0.25, 0.3) is 0 Å². The fraction of sp³-hybridized carbons (Fsp3) is 0.412. The average Bonchev–Trinajstić information content (AvgIpc) is 2.48. The molecule has 4 heteroatoms. The van der Waals surface area contributed by atoms with Crippen molar-refractivity contribution in [3.8, 4) is 11.4 Å². The molecule has 0 aliphatic heterocycles. The Bertz CT molecular complexity index is 557. The Morgan fingerprint density at radius 1 is 1.14 bits per heavy atom. The van der Waals surface area contributed by atoms with Crippen LogP contribution < -0.4 is 5.32 Å². The van der Waals surface area contributed by atoms with E-state index in [0.29, 0.717) is 17.0 Å². The first kappa shape index (κ1) is 15.8. The van der Waals surface area contributed by atoms with Gasteiger partial charge in [-0.1, -0.05) is 68.1 Å². The Morgan fingerprint density at radius 2 is 1.90 bits per heavy atom. The van der Waals surface area contributed by atoms with E-state index in [4.69, 9.17) is 11.6 Å². The zero-order chi connectivity index (χ0) is 15.1. The van der Waals surface area contributed by atoms with Gasteiger partial charge in [0.05, 0.1) is 0 Å². The summed E-state index contributed by atoms with van der Waals surface area (Å²) in [5, 5.41) is 3.88. The van der Waals surface area contributed by atoms with E-state index in [1.165, 1.54) is 19.3 Å². The second-order valence-electron chi connectivity index (χ2n) is 5.31. The third-order valence-electron chi connectivity index (χ3n) is 3.36. The van der Waals surface area contributed by atoms with Crippen molar-refractivity contribution >= 4 is 17.4 Å². The number of hydrogen-bond acceptors (Lipinski definition) is 3. The number of aromatic nitrogens is 2. The predicted molar refractivity (Wildman–Crippen MR) is 89.7 cm³/mol. The van der Waals surface area contributed by atoms with Crippen LogP contribution in [0.1, 0.15) is 39.5 Å². The van der Waals surface area contributed by atoms with Gasteiger partial charge in [0.1, 0.15) is 11.0 Å². The fourth-order valence-corrected chi connectivity index (χ4v) is 2.42. The highest BCUT2D eigenvalue weighted by molar-refractivity contribution is 6.29. The lowest BCUT2D eigenvalue weighted by atomic mass is 10.1. The van der Waals surface area contributed by atoms with E-state index in [-0.39, 0.29) is 0 Å². The number of benzene rings is 1. The first-order valence-corrected chi connectivity index (χ1v) is 7.93. The van der Waals surface area contributed by atoms with Crippen LogP contribution in [0, 0.1) is 0 Å². The normalized spacial score (nSPS) is 12.1. The summed E-state index contributed by atoms with van der Waals surface area (Å²) in [5.41, 5.74) is 0.974. The SMILES string of the molecule is CCCCCC(C)Nc1cc(Cl)nc(-c2ccccc2)n1. The van der Waals surface area contributed by atoms with Gasteiger partial charge in [-0.05, 0) is 13.3 Å². The van der Waals surface area contributed by atoms with Gasteiger partial charge >= 0.3 is 0 Å². The van der Waals surface area contributed by atoms with E-state index >= 15 is 0 Å². The Morgan fingerprint density at radius 3 is 2.62 bits per heavy atom. The van der Waals surface area contributed by atoms with Crippen LogP contribution in [-0.4, -0.2) is 16.0 Å². The molecule has 0 radical (unpaired) electrons. The summed E-state index contributed by atoms with van der Waals surface area (Å²) < 4.78 is 0. The van der Waals surface area contributed by atoms with Crippen molar-refractivity contribution in [3.63, 3.8) is 0 Å². The zero-order valence-corrected chi connectivity index (χ0v) is 13.4. The van der Waals surface area contributed by atoms with E-state index in [1.807, 2.05) is 30.3 Å². The average molecular weight is 304 g/mol. The third kappa shape index (κ3) is 5.01. The lowest BCUT2D eigenvalue weighted by molar-refractivity contribution is 0.613. The minimum absolute atomic E-state index is 0.381. The highest BCUT2D eigenvalue weighted by Gasteiger charge is 2.08. The largest absolute Gasteiger partial charge is 0.367 e. The van der Waals surface area contributed by atoms with E-state index in [0.717, 1.165) is 17.8 Å². The third-order valence-corrected chi connectivity index (χ3v) is 3.56. The van der Waals surface area contributed by atoms with Gasteiger partial charge in [0, 0.05) is 17.7 Å². The molecule has 0 spiro atoms. The molecule has 2 rings (SSSR count). The molecule has 0 amide bonds. The quantitative estimate of drug-likeness (QED) is 0.566. The van der Waals surface area contributed by atoms with Crippen molar-refractivity contribution in [2.75, 3.05) is 5.32 Å². The van der Waals surface area contributed by atoms with Crippen molar-refractivity contribution in [2.24, 2.45) is 0 Å². The Kier molecular flexibility index (Phi) is 6.00. The van der Waals surface area contributed by atoms with E-state index < -0.39 is 0 Å². The molecule has 1 aromatic carbocycles. The summed E-state index contributed by atoms with van der Waals surface area (Å²) >= 11 is 6.12. The van der Waals surface area contributed by atoms with E-state index in [1.54, 1.807) is 6.07 Å². The minimum atomic E-state index is 0.381. The molecule has 112 valence electrons. The molecule has 1 aromatic heterocycles. The van der Waals surface area contributed by atoms with Gasteiger partial charge in [-0.15, -0.1) is 0 Å². The predicted octanol–water partition coefficient (Wildman–Crippen LogP) is 5.18. The molecular formula is C17H22ClN3. The second kappa shape index (κ2) is 7.99. The molecule has 0 fully saturated rings. The smallest absolute Gasteiger partial charge is 0.163 e. The van der Waals surface area contributed by atoms with Gasteiger partial charge in [0.15, 0.2) is 5.82 Å². The summed E-state index contributed by atoms with van der Waals surface area (Å²) in [4.78, 5) is 8.87. The molecule has 1 heterocycles. The van der Waals surface area contributed by atoms with Crippen LogP contribution in [0.15, 0.2) is 36.4 Å². The zero-order valence-electron chi connectivity index (χ0n) is 12.6. The number of halogens is 1. The van der Waals surface area contributed by atoms with Crippen LogP contribution >= 0.6 is 11.6 Å². The number of unbranched alkanes of at least 4 members (excludes halogenated alkanes) is 2. The number of anilines is 1. The molecule has 0 saturated carbocycles. The van der Waals surface area contributed by atoms with Crippen LogP contribution in [0.25, 0.3) is 11.4 Å². The van der Waals surface area contributed by atoms with Gasteiger partial charge < -0.3 is 5.32 Å². The highest BCUT2D eigenvalue weighted by atomic mass is 35.5. The van der Waals surface area contributed by atoms with Crippen molar-refractivity contribution in [3.05, 3.63) is 41.6 Å². The van der Waals surface area contributed by atoms with Crippen molar-refractivity contribution in [1.82, 2.24) is 9.97 Å². The maximum absolute atomic E-state index is 6.12. The molecule has 3 nitrogen and oxygen atoms in total. The topological polar surface area (TPSA) is 37.8 Å². The van der Waals surface area contributed by atoms with Crippen LogP contribution in [0.4, 0.5) is 5.82 Å². The van der Waals surface area contributed by atoms with Crippen LogP contribution in [-0.2, 0) is 0 Å². The van der Waals surface area contributed by atoms with Gasteiger partial charge in [-0.3, -0.25) is 0 Å². The van der Waals surface area contributed by atoms with Crippen LogP contribution in [0.3, 0.4) is 0 Å². The number of nitrogens with one attached hydrogen (secondary N) is 1. The minimum Gasteiger partial charge on any atom is -0.367 e. The van der Waals surface area contributed by atoms with Crippen LogP contribution in [0.5, 0.6) is 0 Å². The lowest BCUT2D eigenvalue weighted by Crippen LogP contribution is -2.16. The first-order chi connectivity index (χ1) is 10.2. The maximum Gasteiger partial charge on any atom is 0.163 e. The first-order valence-electron chi connectivity index (χ1n) is 7.55. The summed E-state index contributed by atoms with van der Waals surface area (Å²) in [5.74, 6) is 1.45. The Labute approximate surface area is 131 Å². The molecule has 0 bridgehead atoms. The fourth-order valence-electron chi connectivity index (χ4n) is 2.23. The number of hydrogen-bond donors (Lipinski definition) is 1. The number of nitrogens with zero attached hydrogens (tertiary/aromatic N) is 2. The highest BCUT2D eigenvalue weighted by Crippen LogP contribution is 2.21. The monoisotopic (exact) mass is 303 g/mol. The molecule has 2 aromatic rings. The molecule has 0 aliphatic carbocycles. The van der Waals surface area contributed by atoms with Gasteiger partial charge in [-0.25, -0.2) is 9.97 Å². The summed E-state index contributed by atoms with van der Waals surface area (Å²) in [6.07, 6.45) is 4.88. The Hall–Kier alpha value is -1.61. The summed E-state index contributed by atoms with van der Waals surface area (Å²) in [6.45, 7) is 4.39. The molecule has 0 aliphatic rings. The lowest BCUT2D eigenvalue weighted by Gasteiger charge is -2.15. The maximum atomic E-state index is 6.12. The van der Waals surface area contributed by atoms with Gasteiger partial charge in [-0.2, -0.15) is 0 Å². The van der Waals surface area contributed by atoms with Crippen molar-refractivity contribution in [1.29, 1.82) is 0 Å². The summed E-state index contributed by atoms with van der Waals surface area (Å²) in [7, 11) is 0. The van der Waals surface area contributed by atoms with Gasteiger partial charge in [0.2, 0.25) is 0 Å². The van der Waals surface area contributed by atoms with Crippen molar-refractivity contribution in [2.45, 2.75) is 45.6 Å². The molecule has 1 N–H and O–H groups in total. The molecule has 0 saturated heterocycles. The van der Waals surface area contributed by atoms with Crippen LogP contribution in [0.2, 0.25) is 5.15 Å². The van der Waals surface area contributed by atoms with E-state index in [2.05, 4.69) is 29.1 Å². The Balaban J connectivity index is 2.09. The summed E-state index contributed by atoms with van der Waals surface area (Å²) in [6, 6.07) is 12.1. The molecule has 1 unspecified atom stereocenters. The van der Waals surface area contributed by atoms with E-state index in [9.17, 15) is 0 Å². The number of rotatable bonds is 7. The second-order valence-corrected chi connectivity index (χ2v) is 5.69. The molecule has 21 heavy (non-hydrogen) atoms. The van der Waals surface area contributed by atoms with Crippen molar-refractivity contribution < 1.29 is 0 Å². The standard InChI is InChI=1S/C17H22ClN3/c1-3-4-6-9-13(2)19-16-12-15(18)20-17(21-16)14-10-7-5-8-11-14/h5,7-8,10-13H,3-4,6,9H2,1-2H3,(H,19,20,21).